The van der Waals surface area contributed by atoms with Crippen LogP contribution in [0.3, 0.4) is 0 Å². The Morgan fingerprint density at radius 3 is 2.21 bits per heavy atom. The van der Waals surface area contributed by atoms with E-state index in [4.69, 9.17) is 9.47 Å². The minimum absolute atomic E-state index is 0.158. The predicted octanol–water partition coefficient (Wildman–Crippen LogP) is 3.63. The van der Waals surface area contributed by atoms with Gasteiger partial charge in [0.25, 0.3) is 0 Å². The van der Waals surface area contributed by atoms with E-state index in [0.717, 1.165) is 28.8 Å². The zero-order valence-electron chi connectivity index (χ0n) is 17.7. The molecule has 0 amide bonds. The first kappa shape index (κ1) is 20.3. The van der Waals surface area contributed by atoms with E-state index in [1.807, 2.05) is 6.07 Å². The number of ether oxygens (including phenoxy) is 2. The van der Waals surface area contributed by atoms with Crippen LogP contribution in [-0.4, -0.2) is 61.8 Å². The highest BCUT2D eigenvalue weighted by Gasteiger charge is 2.51. The maximum absolute atomic E-state index is 10.4. The van der Waals surface area contributed by atoms with E-state index in [1.165, 1.54) is 44.1 Å². The van der Waals surface area contributed by atoms with E-state index < -0.39 is 6.10 Å². The molecule has 5 rings (SSSR count). The number of rotatable bonds is 10. The van der Waals surface area contributed by atoms with Gasteiger partial charge in [-0.3, -0.25) is 0 Å². The Labute approximate surface area is 170 Å². The number of quaternary nitrogens is 1. The lowest BCUT2D eigenvalue weighted by Crippen LogP contribution is -2.52. The van der Waals surface area contributed by atoms with Gasteiger partial charge in [-0.05, 0) is 56.3 Å². The number of nitrogens with zero attached hydrogens (tertiary/aromatic N) is 1. The van der Waals surface area contributed by atoms with Crippen LogP contribution < -0.4 is 0 Å². The van der Waals surface area contributed by atoms with Gasteiger partial charge in [-0.25, -0.2) is 0 Å². The molecule has 1 aromatic rings. The van der Waals surface area contributed by atoms with Crippen LogP contribution in [0.4, 0.5) is 0 Å². The highest BCUT2D eigenvalue weighted by molar-refractivity contribution is 5.13. The summed E-state index contributed by atoms with van der Waals surface area (Å²) >= 11 is 0. The molecule has 4 fully saturated rings. The highest BCUT2D eigenvalue weighted by Crippen LogP contribution is 2.57. The first-order valence-electron chi connectivity index (χ1n) is 11.2. The smallest absolute Gasteiger partial charge is 0.126 e. The van der Waals surface area contributed by atoms with Crippen molar-refractivity contribution in [1.29, 1.82) is 0 Å². The summed E-state index contributed by atoms with van der Waals surface area (Å²) in [5.41, 5.74) is 1.45. The summed E-state index contributed by atoms with van der Waals surface area (Å²) < 4.78 is 12.9. The molecule has 1 N–H and O–H groups in total. The Morgan fingerprint density at radius 2 is 1.61 bits per heavy atom. The van der Waals surface area contributed by atoms with Gasteiger partial charge in [0, 0.05) is 5.56 Å². The molecule has 4 aliphatic rings. The molecule has 0 aromatic heterocycles. The largest absolute Gasteiger partial charge is 0.385 e. The number of hydrogen-bond acceptors (Lipinski definition) is 3. The van der Waals surface area contributed by atoms with E-state index in [0.29, 0.717) is 26.4 Å². The second kappa shape index (κ2) is 8.43. The van der Waals surface area contributed by atoms with Gasteiger partial charge < -0.3 is 19.1 Å². The second-order valence-electron chi connectivity index (χ2n) is 10.4. The van der Waals surface area contributed by atoms with Crippen molar-refractivity contribution in [1.82, 2.24) is 0 Å². The fraction of sp³-hybridized carbons (Fsp3) is 0.750. The Kier molecular flexibility index (Phi) is 6.12. The third kappa shape index (κ3) is 5.15. The number of hydrogen-bond donors (Lipinski definition) is 1. The minimum Gasteiger partial charge on any atom is -0.385 e. The van der Waals surface area contributed by atoms with Crippen molar-refractivity contribution in [3.63, 3.8) is 0 Å². The monoisotopic (exact) mass is 388 g/mol. The summed E-state index contributed by atoms with van der Waals surface area (Å²) in [6.07, 6.45) is 7.71. The molecular weight excluding hydrogens is 350 g/mol. The minimum atomic E-state index is -0.446. The molecule has 4 bridgehead atoms. The van der Waals surface area contributed by atoms with Crippen LogP contribution in [0.25, 0.3) is 0 Å². The molecule has 0 saturated heterocycles. The predicted molar refractivity (Wildman–Crippen MR) is 111 cm³/mol. The van der Waals surface area contributed by atoms with Gasteiger partial charge in [0.15, 0.2) is 0 Å². The molecule has 0 heterocycles. The van der Waals surface area contributed by atoms with Crippen LogP contribution >= 0.6 is 0 Å². The van der Waals surface area contributed by atoms with Crippen molar-refractivity contribution in [3.8, 4) is 0 Å². The number of benzene rings is 1. The van der Waals surface area contributed by atoms with Gasteiger partial charge in [0.2, 0.25) is 0 Å². The van der Waals surface area contributed by atoms with Crippen LogP contribution in [0, 0.1) is 17.8 Å². The lowest BCUT2D eigenvalue weighted by Gasteiger charge is -2.56. The molecule has 0 spiro atoms. The van der Waals surface area contributed by atoms with Crippen LogP contribution in [-0.2, 0) is 16.0 Å². The molecule has 4 aliphatic carbocycles. The van der Waals surface area contributed by atoms with Crippen molar-refractivity contribution >= 4 is 0 Å². The lowest BCUT2D eigenvalue weighted by molar-refractivity contribution is -0.906. The normalized spacial score (nSPS) is 32.6. The molecule has 4 nitrogen and oxygen atoms in total. The Bertz CT molecular complexity index is 595. The van der Waals surface area contributed by atoms with Crippen molar-refractivity contribution in [2.24, 2.45) is 17.8 Å². The zero-order chi connectivity index (χ0) is 19.6. The summed E-state index contributed by atoms with van der Waals surface area (Å²) in [4.78, 5) is 0. The van der Waals surface area contributed by atoms with Crippen LogP contribution in [0.2, 0.25) is 0 Å². The molecule has 0 radical (unpaired) electrons. The molecular formula is C24H38NO3+. The topological polar surface area (TPSA) is 38.7 Å². The number of aliphatic hydroxyl groups excluding tert-OH is 1. The van der Waals surface area contributed by atoms with Gasteiger partial charge in [-0.1, -0.05) is 30.3 Å². The molecule has 1 aromatic carbocycles. The summed E-state index contributed by atoms with van der Waals surface area (Å²) in [5.74, 6) is 2.75. The zero-order valence-corrected chi connectivity index (χ0v) is 17.7. The van der Waals surface area contributed by atoms with Gasteiger partial charge in [-0.15, -0.1) is 0 Å². The quantitative estimate of drug-likeness (QED) is 0.491. The maximum atomic E-state index is 10.4. The molecule has 4 heteroatoms. The molecule has 1 atom stereocenters. The third-order valence-electron chi connectivity index (χ3n) is 7.09. The maximum Gasteiger partial charge on any atom is 0.126 e. The van der Waals surface area contributed by atoms with Gasteiger partial charge in [0.1, 0.15) is 19.2 Å². The van der Waals surface area contributed by atoms with Crippen molar-refractivity contribution in [2.75, 3.05) is 40.5 Å². The van der Waals surface area contributed by atoms with E-state index in [9.17, 15) is 5.11 Å². The second-order valence-corrected chi connectivity index (χ2v) is 10.4. The molecule has 156 valence electrons. The fourth-order valence-electron chi connectivity index (χ4n) is 6.51. The average molecular weight is 389 g/mol. The summed E-state index contributed by atoms with van der Waals surface area (Å²) in [6, 6.07) is 10.5. The number of likely N-dealkylation sites (N-methyl/N-ethyl adjacent to an activating group) is 1. The highest BCUT2D eigenvalue weighted by atomic mass is 16.5. The van der Waals surface area contributed by atoms with Gasteiger partial charge in [0.05, 0.1) is 39.5 Å². The van der Waals surface area contributed by atoms with Crippen molar-refractivity contribution in [2.45, 2.75) is 56.8 Å². The lowest BCUT2D eigenvalue weighted by atomic mass is 9.54. The third-order valence-corrected chi connectivity index (χ3v) is 7.09. The van der Waals surface area contributed by atoms with Crippen molar-refractivity contribution < 1.29 is 19.1 Å². The first-order chi connectivity index (χ1) is 13.4. The van der Waals surface area contributed by atoms with Crippen molar-refractivity contribution in [3.05, 3.63) is 35.9 Å². The van der Waals surface area contributed by atoms with Crippen LogP contribution in [0.15, 0.2) is 30.3 Å². The fourth-order valence-corrected chi connectivity index (χ4v) is 6.51. The summed E-state index contributed by atoms with van der Waals surface area (Å²) in [6.45, 7) is 3.24. The van der Waals surface area contributed by atoms with Gasteiger partial charge >= 0.3 is 0 Å². The van der Waals surface area contributed by atoms with E-state index in [1.54, 1.807) is 0 Å². The molecule has 0 unspecified atom stereocenters. The van der Waals surface area contributed by atoms with Gasteiger partial charge in [-0.2, -0.15) is 0 Å². The van der Waals surface area contributed by atoms with Crippen LogP contribution in [0.1, 0.15) is 44.1 Å². The van der Waals surface area contributed by atoms with E-state index in [2.05, 4.69) is 38.4 Å². The molecule has 0 aliphatic heterocycles. The average Bonchev–Trinajstić information content (AvgIpc) is 2.60. The Balaban J connectivity index is 1.14. The van der Waals surface area contributed by atoms with E-state index >= 15 is 0 Å². The molecule has 28 heavy (non-hydrogen) atoms. The van der Waals surface area contributed by atoms with E-state index in [-0.39, 0.29) is 5.60 Å². The summed E-state index contributed by atoms with van der Waals surface area (Å²) in [5, 5.41) is 10.4. The molecule has 4 saturated carbocycles. The SMILES string of the molecule is C[N+](C)(Cc1ccccc1)C[C@H](O)COCCOC12CC3CC(CC(C3)C1)C2. The Morgan fingerprint density at radius 1 is 1.00 bits per heavy atom. The van der Waals surface area contributed by atoms with Crippen LogP contribution in [0.5, 0.6) is 0 Å². The number of aliphatic hydroxyl groups is 1. The standard InChI is InChI=1S/C24H38NO3/c1-25(2,16-19-6-4-3-5-7-19)17-23(26)18-27-8-9-28-24-13-20-10-21(14-24)12-22(11-20)15-24/h3-7,20-23,26H,8-18H2,1-2H3/q+1/t20?,21?,22?,23-,24?/m0/s1. The summed E-state index contributed by atoms with van der Waals surface area (Å²) in [7, 11) is 4.32. The first-order valence-corrected chi connectivity index (χ1v) is 11.2. The Hall–Kier alpha value is -0.940.